The van der Waals surface area contributed by atoms with Gasteiger partial charge < -0.3 is 11.2 Å². The zero-order chi connectivity index (χ0) is 5.54. The molecule has 0 aliphatic heterocycles. The fraction of sp³-hybridized carbons (Fsp3) is 0.667. The molecule has 0 amide bonds. The predicted molar refractivity (Wildman–Crippen MR) is 28.0 cm³/mol. The summed E-state index contributed by atoms with van der Waals surface area (Å²) in [5, 5.41) is 0. The van der Waals surface area contributed by atoms with Gasteiger partial charge in [0.2, 0.25) is 0 Å². The van der Waals surface area contributed by atoms with E-state index in [4.69, 9.17) is 6.42 Å². The molecule has 0 unspecified atom stereocenters. The summed E-state index contributed by atoms with van der Waals surface area (Å²) in [6.07, 6.45) is 10.3. The smallest absolute Gasteiger partial charge is 0.648 e. The van der Waals surface area contributed by atoms with Crippen LogP contribution in [0.15, 0.2) is 0 Å². The fourth-order valence-electron chi connectivity index (χ4n) is 0.268. The van der Waals surface area contributed by atoms with Crippen LogP contribution >= 0.6 is 0 Å². The Labute approximate surface area is 63.0 Å². The second-order valence-electron chi connectivity index (χ2n) is 1.30. The molecule has 0 saturated heterocycles. The summed E-state index contributed by atoms with van der Waals surface area (Å²) < 4.78 is 4.49. The molecule has 0 rings (SSSR count). The van der Waals surface area contributed by atoms with Crippen LogP contribution in [-0.4, -0.2) is 6.61 Å². The molecular formula is C6H9LiO. The zero-order valence-electron chi connectivity index (χ0n) is 5.53. The molecule has 0 fully saturated rings. The quantitative estimate of drug-likeness (QED) is 0.180. The van der Waals surface area contributed by atoms with Gasteiger partial charge >= 0.3 is 18.9 Å². The molecule has 0 bridgehead atoms. The summed E-state index contributed by atoms with van der Waals surface area (Å²) in [4.78, 5) is 0. The molecule has 0 saturated carbocycles. The Balaban J connectivity index is 0. The van der Waals surface area contributed by atoms with E-state index < -0.39 is 0 Å². The fourth-order valence-corrected chi connectivity index (χ4v) is 0.268. The van der Waals surface area contributed by atoms with Crippen molar-refractivity contribution in [2.75, 3.05) is 6.61 Å². The third kappa shape index (κ3) is 9.35. The van der Waals surface area contributed by atoms with Crippen LogP contribution in [0.4, 0.5) is 0 Å². The minimum Gasteiger partial charge on any atom is -0.648 e. The van der Waals surface area contributed by atoms with E-state index in [1.807, 2.05) is 6.11 Å². The molecule has 0 aliphatic rings. The van der Waals surface area contributed by atoms with Crippen LogP contribution in [-0.2, 0) is 4.74 Å². The van der Waals surface area contributed by atoms with E-state index in [2.05, 4.69) is 11.7 Å². The van der Waals surface area contributed by atoms with Crippen molar-refractivity contribution in [1.82, 2.24) is 0 Å². The summed E-state index contributed by atoms with van der Waals surface area (Å²) in [6, 6.07) is 0. The Hall–Kier alpha value is -0.0426. The van der Waals surface area contributed by atoms with E-state index in [1.54, 1.807) is 0 Å². The minimum absolute atomic E-state index is 0. The van der Waals surface area contributed by atoms with E-state index in [0.29, 0.717) is 6.61 Å². The molecule has 0 N–H and O–H groups in total. The van der Waals surface area contributed by atoms with Crippen molar-refractivity contribution in [2.45, 2.75) is 19.8 Å². The van der Waals surface area contributed by atoms with Gasteiger partial charge in [-0.1, -0.05) is 13.3 Å². The molecule has 8 heavy (non-hydrogen) atoms. The first-order chi connectivity index (χ1) is 3.41. The van der Waals surface area contributed by atoms with Gasteiger partial charge in [-0.3, -0.25) is 0 Å². The molecule has 0 spiro atoms. The maximum absolute atomic E-state index is 6.31. The summed E-state index contributed by atoms with van der Waals surface area (Å²) in [5.74, 6) is 0. The average Bonchev–Trinajstić information content (AvgIpc) is 1.69. The predicted octanol–water partition coefficient (Wildman–Crippen LogP) is -1.65. The average molecular weight is 104 g/mol. The van der Waals surface area contributed by atoms with Crippen LogP contribution in [0, 0.1) is 12.5 Å². The van der Waals surface area contributed by atoms with Crippen LogP contribution in [0.3, 0.4) is 0 Å². The third-order valence-corrected chi connectivity index (χ3v) is 0.672. The van der Waals surface area contributed by atoms with Crippen LogP contribution < -0.4 is 18.9 Å². The number of hydrogen-bond acceptors (Lipinski definition) is 1. The van der Waals surface area contributed by atoms with E-state index in [-0.39, 0.29) is 18.9 Å². The standard InChI is InChI=1S/C6H9O.Li/c1-3-5-6-7-4-2;/h3,5-6H2,1H3;/q-1;+1. The number of rotatable bonds is 3. The minimum atomic E-state index is 0. The van der Waals surface area contributed by atoms with Crippen molar-refractivity contribution in [2.24, 2.45) is 0 Å². The number of ether oxygens (including phenoxy) is 1. The van der Waals surface area contributed by atoms with Gasteiger partial charge in [0.25, 0.3) is 0 Å². The molecule has 1 nitrogen and oxygen atoms in total. The molecule has 2 heteroatoms. The molecule has 0 aromatic heterocycles. The van der Waals surface area contributed by atoms with Gasteiger partial charge in [0.15, 0.2) is 0 Å². The van der Waals surface area contributed by atoms with E-state index in [1.165, 1.54) is 0 Å². The molecule has 0 aromatic carbocycles. The van der Waals surface area contributed by atoms with Crippen LogP contribution in [0.1, 0.15) is 19.8 Å². The number of hydrogen-bond donors (Lipinski definition) is 0. The van der Waals surface area contributed by atoms with Gasteiger partial charge in [-0.2, -0.15) is 0 Å². The Kier molecular flexibility index (Phi) is 13.6. The second kappa shape index (κ2) is 10.0. The molecule has 0 heterocycles. The Morgan fingerprint density at radius 2 is 2.25 bits per heavy atom. The van der Waals surface area contributed by atoms with E-state index in [0.717, 1.165) is 12.8 Å². The second-order valence-corrected chi connectivity index (χ2v) is 1.30. The van der Waals surface area contributed by atoms with Crippen molar-refractivity contribution in [3.05, 3.63) is 6.42 Å². The van der Waals surface area contributed by atoms with Gasteiger partial charge in [-0.15, -0.1) is 6.11 Å². The monoisotopic (exact) mass is 104 g/mol. The molecule has 0 aromatic rings. The summed E-state index contributed by atoms with van der Waals surface area (Å²) >= 11 is 0. The van der Waals surface area contributed by atoms with Gasteiger partial charge in [0.1, 0.15) is 0 Å². The van der Waals surface area contributed by atoms with Crippen molar-refractivity contribution in [1.29, 1.82) is 0 Å². The normalized spacial score (nSPS) is 6.50. The first kappa shape index (κ1) is 10.9. The van der Waals surface area contributed by atoms with Gasteiger partial charge in [-0.25, -0.2) is 0 Å². The first-order valence-corrected chi connectivity index (χ1v) is 2.45. The van der Waals surface area contributed by atoms with Crippen molar-refractivity contribution < 1.29 is 23.6 Å². The largest absolute Gasteiger partial charge is 1.00 e. The Morgan fingerprint density at radius 1 is 1.62 bits per heavy atom. The molecule has 0 radical (unpaired) electrons. The van der Waals surface area contributed by atoms with Gasteiger partial charge in [0.05, 0.1) is 6.61 Å². The summed E-state index contributed by atoms with van der Waals surface area (Å²) in [5.41, 5.74) is 0. The van der Waals surface area contributed by atoms with Crippen molar-refractivity contribution >= 4 is 0 Å². The molecular weight excluding hydrogens is 95.0 g/mol. The van der Waals surface area contributed by atoms with Crippen LogP contribution in [0.2, 0.25) is 0 Å². The SMILES string of the molecule is [C-]#COCCCC.[Li+]. The molecule has 40 valence electrons. The van der Waals surface area contributed by atoms with E-state index >= 15 is 0 Å². The maximum atomic E-state index is 6.31. The van der Waals surface area contributed by atoms with Crippen molar-refractivity contribution in [3.63, 3.8) is 0 Å². The van der Waals surface area contributed by atoms with Gasteiger partial charge in [0, 0.05) is 0 Å². The van der Waals surface area contributed by atoms with Crippen LogP contribution in [0.25, 0.3) is 0 Å². The third-order valence-electron chi connectivity index (χ3n) is 0.672. The van der Waals surface area contributed by atoms with E-state index in [9.17, 15) is 0 Å². The maximum Gasteiger partial charge on any atom is 1.00 e. The Morgan fingerprint density at radius 3 is 2.62 bits per heavy atom. The molecule has 0 atom stereocenters. The van der Waals surface area contributed by atoms with Crippen LogP contribution in [0.5, 0.6) is 0 Å². The Bertz CT molecular complexity index is 65.4. The number of unbranched alkanes of at least 4 members (excludes halogenated alkanes) is 1. The zero-order valence-corrected chi connectivity index (χ0v) is 5.53. The van der Waals surface area contributed by atoms with Crippen molar-refractivity contribution in [3.8, 4) is 6.11 Å². The topological polar surface area (TPSA) is 9.23 Å². The summed E-state index contributed by atoms with van der Waals surface area (Å²) in [6.45, 7) is 2.72. The first-order valence-electron chi connectivity index (χ1n) is 2.45. The van der Waals surface area contributed by atoms with Gasteiger partial charge in [-0.05, 0) is 6.42 Å². The summed E-state index contributed by atoms with van der Waals surface area (Å²) in [7, 11) is 0. The molecule has 0 aliphatic carbocycles.